The van der Waals surface area contributed by atoms with Crippen molar-refractivity contribution in [1.29, 1.82) is 0 Å². The highest BCUT2D eigenvalue weighted by molar-refractivity contribution is 5.90. The average molecular weight is 451 g/mol. The molecule has 0 aliphatic rings. The van der Waals surface area contributed by atoms with Gasteiger partial charge in [-0.25, -0.2) is 13.8 Å². The smallest absolute Gasteiger partial charge is 0.224 e. The minimum Gasteiger partial charge on any atom is -0.493 e. The average Bonchev–Trinajstić information content (AvgIpc) is 3.14. The molecule has 33 heavy (non-hydrogen) atoms. The van der Waals surface area contributed by atoms with Gasteiger partial charge in [-0.15, -0.1) is 0 Å². The molecule has 2 aromatic heterocycles. The van der Waals surface area contributed by atoms with E-state index in [1.54, 1.807) is 24.3 Å². The lowest BCUT2D eigenvalue weighted by Gasteiger charge is -2.09. The van der Waals surface area contributed by atoms with E-state index in [-0.39, 0.29) is 17.3 Å². The molecule has 0 aliphatic heterocycles. The number of hydrogen-bond acceptors (Lipinski definition) is 7. The lowest BCUT2D eigenvalue weighted by Crippen LogP contribution is -2.01. The third-order valence-electron chi connectivity index (χ3n) is 4.99. The van der Waals surface area contributed by atoms with Gasteiger partial charge in [-0.1, -0.05) is 24.0 Å². The Morgan fingerprint density at radius 2 is 1.48 bits per heavy atom. The number of rotatable bonds is 4. The van der Waals surface area contributed by atoms with Gasteiger partial charge in [0.25, 0.3) is 0 Å². The Balaban J connectivity index is 2.06. The second-order valence-corrected chi connectivity index (χ2v) is 6.82. The minimum atomic E-state index is -0.961. The maximum atomic E-state index is 14.9. The topological polar surface area (TPSA) is 110 Å². The van der Waals surface area contributed by atoms with Gasteiger partial charge < -0.3 is 25.7 Å². The number of anilines is 2. The summed E-state index contributed by atoms with van der Waals surface area (Å²) in [4.78, 5) is 4.02. The van der Waals surface area contributed by atoms with Gasteiger partial charge in [-0.2, -0.15) is 9.61 Å². The maximum absolute atomic E-state index is 14.9. The molecular formula is C23H19F2N5O3. The van der Waals surface area contributed by atoms with Gasteiger partial charge >= 0.3 is 0 Å². The number of aromatic nitrogens is 3. The van der Waals surface area contributed by atoms with Crippen molar-refractivity contribution in [3.63, 3.8) is 0 Å². The van der Waals surface area contributed by atoms with Crippen LogP contribution in [0.2, 0.25) is 0 Å². The molecule has 0 saturated heterocycles. The molecule has 4 N–H and O–H groups in total. The Hall–Kier alpha value is -4.52. The summed E-state index contributed by atoms with van der Waals surface area (Å²) in [6.07, 6.45) is 1.26. The fourth-order valence-electron chi connectivity index (χ4n) is 3.43. The van der Waals surface area contributed by atoms with Crippen molar-refractivity contribution in [2.75, 3.05) is 32.8 Å². The second kappa shape index (κ2) is 8.55. The summed E-state index contributed by atoms with van der Waals surface area (Å²) in [6, 6.07) is 8.04. The molecule has 0 fully saturated rings. The first-order chi connectivity index (χ1) is 15.9. The molecule has 0 amide bonds. The van der Waals surface area contributed by atoms with Gasteiger partial charge in [0.05, 0.1) is 32.5 Å². The predicted octanol–water partition coefficient (Wildman–Crippen LogP) is 3.26. The van der Waals surface area contributed by atoms with Gasteiger partial charge in [0, 0.05) is 11.8 Å². The number of methoxy groups -OCH3 is 3. The summed E-state index contributed by atoms with van der Waals surface area (Å²) in [5, 5.41) is 4.20. The monoisotopic (exact) mass is 451 g/mol. The number of nitrogens with zero attached hydrogens (tertiary/aromatic N) is 3. The maximum Gasteiger partial charge on any atom is 0.224 e. The molecule has 10 heteroatoms. The second-order valence-electron chi connectivity index (χ2n) is 6.82. The Kier molecular flexibility index (Phi) is 5.62. The molecule has 4 aromatic rings. The van der Waals surface area contributed by atoms with Crippen molar-refractivity contribution < 1.29 is 23.0 Å². The molecule has 168 valence electrons. The van der Waals surface area contributed by atoms with Gasteiger partial charge in [0.15, 0.2) is 29.0 Å². The lowest BCUT2D eigenvalue weighted by molar-refractivity contribution is 0.357. The molecule has 0 unspecified atom stereocenters. The van der Waals surface area contributed by atoms with Gasteiger partial charge in [0.2, 0.25) is 5.88 Å². The molecular weight excluding hydrogens is 432 g/mol. The standard InChI is InChI=1S/C23H19F2N5O3/c1-31-16-10-17(32-2)20(25)15(19(16)24)9-8-14-18(12-4-6-13(26)7-5-12)23(33-3)30-21(14)22(27)28-11-29-30/h4-7,10-11H,26H2,1-3H3,(H2,27,28,29). The van der Waals surface area contributed by atoms with E-state index < -0.39 is 17.2 Å². The van der Waals surface area contributed by atoms with Gasteiger partial charge in [-0.3, -0.25) is 0 Å². The minimum absolute atomic E-state index is 0.110. The number of benzene rings is 2. The van der Waals surface area contributed by atoms with Crippen LogP contribution in [0, 0.1) is 23.5 Å². The van der Waals surface area contributed by atoms with E-state index in [0.717, 1.165) is 6.07 Å². The number of hydrogen-bond donors (Lipinski definition) is 2. The van der Waals surface area contributed by atoms with Crippen molar-refractivity contribution >= 4 is 17.0 Å². The first-order valence-corrected chi connectivity index (χ1v) is 9.58. The normalized spacial score (nSPS) is 10.6. The Morgan fingerprint density at radius 1 is 0.879 bits per heavy atom. The van der Waals surface area contributed by atoms with E-state index in [2.05, 4.69) is 21.9 Å². The van der Waals surface area contributed by atoms with Gasteiger partial charge in [-0.05, 0) is 17.7 Å². The summed E-state index contributed by atoms with van der Waals surface area (Å²) >= 11 is 0. The van der Waals surface area contributed by atoms with Crippen LogP contribution in [0.4, 0.5) is 20.3 Å². The van der Waals surface area contributed by atoms with E-state index in [4.69, 9.17) is 25.7 Å². The summed E-state index contributed by atoms with van der Waals surface area (Å²) in [6.45, 7) is 0. The molecule has 2 heterocycles. The van der Waals surface area contributed by atoms with Gasteiger partial charge in [0.1, 0.15) is 17.4 Å². The zero-order chi connectivity index (χ0) is 23.7. The Bertz CT molecular complexity index is 1390. The molecule has 0 bridgehead atoms. The van der Waals surface area contributed by atoms with Crippen LogP contribution in [0.3, 0.4) is 0 Å². The highest BCUT2D eigenvalue weighted by Gasteiger charge is 2.24. The van der Waals surface area contributed by atoms with E-state index in [9.17, 15) is 8.78 Å². The number of fused-ring (bicyclic) bond motifs is 1. The van der Waals surface area contributed by atoms with Crippen LogP contribution in [0.1, 0.15) is 11.1 Å². The van der Waals surface area contributed by atoms with Crippen molar-refractivity contribution in [3.8, 4) is 40.3 Å². The van der Waals surface area contributed by atoms with Crippen LogP contribution in [-0.4, -0.2) is 35.9 Å². The summed E-state index contributed by atoms with van der Waals surface area (Å²) < 4.78 is 46.7. The van der Waals surface area contributed by atoms with Crippen molar-refractivity contribution in [2.45, 2.75) is 0 Å². The Labute approximate surface area is 187 Å². The predicted molar refractivity (Wildman–Crippen MR) is 119 cm³/mol. The third-order valence-corrected chi connectivity index (χ3v) is 4.99. The van der Waals surface area contributed by atoms with Crippen LogP contribution in [-0.2, 0) is 0 Å². The Morgan fingerprint density at radius 3 is 2.06 bits per heavy atom. The zero-order valence-electron chi connectivity index (χ0n) is 17.9. The molecule has 0 spiro atoms. The SMILES string of the molecule is COc1cc(OC)c(F)c(C#Cc2c(-c3ccc(N)cc3)c(OC)n3ncnc(N)c23)c1F. The summed E-state index contributed by atoms with van der Waals surface area (Å²) in [5.74, 6) is 3.48. The summed E-state index contributed by atoms with van der Waals surface area (Å²) in [5.41, 5.74) is 13.8. The largest absolute Gasteiger partial charge is 0.493 e. The van der Waals surface area contributed by atoms with Crippen LogP contribution in [0.15, 0.2) is 36.7 Å². The molecule has 0 atom stereocenters. The third kappa shape index (κ3) is 3.59. The van der Waals surface area contributed by atoms with Crippen molar-refractivity contribution in [1.82, 2.24) is 14.6 Å². The molecule has 2 aromatic carbocycles. The van der Waals surface area contributed by atoms with Crippen LogP contribution in [0.5, 0.6) is 17.4 Å². The number of ether oxygens (including phenoxy) is 3. The number of nitrogen functional groups attached to an aromatic ring is 2. The summed E-state index contributed by atoms with van der Waals surface area (Å²) in [7, 11) is 3.98. The molecule has 0 saturated carbocycles. The number of halogens is 2. The van der Waals surface area contributed by atoms with Crippen molar-refractivity contribution in [2.24, 2.45) is 0 Å². The fourth-order valence-corrected chi connectivity index (χ4v) is 3.43. The van der Waals surface area contributed by atoms with E-state index in [0.29, 0.717) is 33.8 Å². The molecule has 8 nitrogen and oxygen atoms in total. The molecule has 0 aliphatic carbocycles. The first-order valence-electron chi connectivity index (χ1n) is 9.58. The number of nitrogens with two attached hydrogens (primary N) is 2. The van der Waals surface area contributed by atoms with E-state index in [1.165, 1.54) is 32.2 Å². The first kappa shape index (κ1) is 21.7. The quantitative estimate of drug-likeness (QED) is 0.362. The van der Waals surface area contributed by atoms with E-state index >= 15 is 0 Å². The van der Waals surface area contributed by atoms with E-state index in [1.807, 2.05) is 0 Å². The highest BCUT2D eigenvalue weighted by atomic mass is 19.1. The fraction of sp³-hybridized carbons (Fsp3) is 0.130. The zero-order valence-corrected chi connectivity index (χ0v) is 17.9. The molecule has 4 rings (SSSR count). The highest BCUT2D eigenvalue weighted by Crippen LogP contribution is 2.39. The van der Waals surface area contributed by atoms with Crippen LogP contribution < -0.4 is 25.7 Å². The van der Waals surface area contributed by atoms with Crippen LogP contribution in [0.25, 0.3) is 16.6 Å². The molecule has 0 radical (unpaired) electrons. The van der Waals surface area contributed by atoms with Crippen molar-refractivity contribution in [3.05, 3.63) is 59.4 Å². The lowest BCUT2D eigenvalue weighted by atomic mass is 10.0. The van der Waals surface area contributed by atoms with Crippen LogP contribution >= 0.6 is 0 Å².